The van der Waals surface area contributed by atoms with Crippen molar-refractivity contribution in [3.8, 4) is 0 Å². The molecule has 0 atom stereocenters. The van der Waals surface area contributed by atoms with Gasteiger partial charge < -0.3 is 11.1 Å². The Labute approximate surface area is 87.5 Å². The van der Waals surface area contributed by atoms with Gasteiger partial charge >= 0.3 is 11.8 Å². The molecule has 0 saturated heterocycles. The number of nitrogens with one attached hydrogen (secondary N) is 1. The van der Waals surface area contributed by atoms with Gasteiger partial charge in [0.25, 0.3) is 0 Å². The first-order valence-electron chi connectivity index (χ1n) is 4.89. The summed E-state index contributed by atoms with van der Waals surface area (Å²) in [4.78, 5) is 21.6. The predicted octanol–water partition coefficient (Wildman–Crippen LogP) is 0.599. The second kappa shape index (κ2) is 3.73. The topological polar surface area (TPSA) is 72.2 Å². The number of nitrogens with two attached hydrogens (primary N) is 1. The van der Waals surface area contributed by atoms with E-state index in [0.29, 0.717) is 5.69 Å². The Morgan fingerprint density at radius 2 is 1.93 bits per heavy atom. The molecule has 0 unspecified atom stereocenters. The van der Waals surface area contributed by atoms with Crippen LogP contribution in [-0.4, -0.2) is 11.8 Å². The van der Waals surface area contributed by atoms with Crippen molar-refractivity contribution in [2.75, 3.05) is 5.32 Å². The zero-order chi connectivity index (χ0) is 10.8. The molecule has 1 aliphatic carbocycles. The Morgan fingerprint density at radius 3 is 2.67 bits per heavy atom. The summed E-state index contributed by atoms with van der Waals surface area (Å²) in [6.45, 7) is 0. The highest BCUT2D eigenvalue weighted by Gasteiger charge is 2.13. The minimum atomic E-state index is -0.963. The molecule has 3 N–H and O–H groups in total. The van der Waals surface area contributed by atoms with Crippen molar-refractivity contribution in [3.63, 3.8) is 0 Å². The Hall–Kier alpha value is -1.84. The Morgan fingerprint density at radius 1 is 1.20 bits per heavy atom. The second-order valence-electron chi connectivity index (χ2n) is 3.66. The fourth-order valence-corrected chi connectivity index (χ4v) is 1.84. The van der Waals surface area contributed by atoms with Gasteiger partial charge in [0, 0.05) is 5.69 Å². The molecule has 4 heteroatoms. The average molecular weight is 204 g/mol. The molecule has 15 heavy (non-hydrogen) atoms. The standard InChI is InChI=1S/C11H12N2O2/c12-10(14)11(15)13-9-5-4-7-2-1-3-8(7)6-9/h4-6H,1-3H2,(H2,12,14)(H,13,15). The average Bonchev–Trinajstić information content (AvgIpc) is 2.64. The largest absolute Gasteiger partial charge is 0.361 e. The Balaban J connectivity index is 2.17. The molecule has 0 radical (unpaired) electrons. The third-order valence-corrected chi connectivity index (χ3v) is 2.58. The van der Waals surface area contributed by atoms with Gasteiger partial charge in [0.05, 0.1) is 0 Å². The lowest BCUT2D eigenvalue weighted by molar-refractivity contribution is -0.134. The van der Waals surface area contributed by atoms with Crippen molar-refractivity contribution in [2.45, 2.75) is 19.3 Å². The van der Waals surface area contributed by atoms with Crippen LogP contribution in [0.1, 0.15) is 17.5 Å². The zero-order valence-corrected chi connectivity index (χ0v) is 8.25. The van der Waals surface area contributed by atoms with Gasteiger partial charge in [-0.25, -0.2) is 0 Å². The van der Waals surface area contributed by atoms with Gasteiger partial charge in [-0.2, -0.15) is 0 Å². The lowest BCUT2D eigenvalue weighted by atomic mass is 10.1. The van der Waals surface area contributed by atoms with Crippen LogP contribution in [0.2, 0.25) is 0 Å². The monoisotopic (exact) mass is 204 g/mol. The molecule has 1 aromatic rings. The minimum absolute atomic E-state index is 0.638. The summed E-state index contributed by atoms with van der Waals surface area (Å²) in [5, 5.41) is 2.46. The maximum atomic E-state index is 11.0. The van der Waals surface area contributed by atoms with E-state index in [-0.39, 0.29) is 0 Å². The summed E-state index contributed by atoms with van der Waals surface area (Å²) in [6.07, 6.45) is 3.29. The SMILES string of the molecule is NC(=O)C(=O)Nc1ccc2c(c1)CCC2. The molecule has 0 bridgehead atoms. The summed E-state index contributed by atoms with van der Waals surface area (Å²) < 4.78 is 0. The van der Waals surface area contributed by atoms with Crippen molar-refractivity contribution in [3.05, 3.63) is 29.3 Å². The summed E-state index contributed by atoms with van der Waals surface area (Å²) in [5.41, 5.74) is 8.06. The van der Waals surface area contributed by atoms with E-state index in [4.69, 9.17) is 5.73 Å². The minimum Gasteiger partial charge on any atom is -0.361 e. The van der Waals surface area contributed by atoms with Crippen LogP contribution in [0.15, 0.2) is 18.2 Å². The number of fused-ring (bicyclic) bond motifs is 1. The van der Waals surface area contributed by atoms with E-state index >= 15 is 0 Å². The summed E-state index contributed by atoms with van der Waals surface area (Å²) in [7, 11) is 0. The van der Waals surface area contributed by atoms with Crippen LogP contribution in [0.3, 0.4) is 0 Å². The fourth-order valence-electron chi connectivity index (χ4n) is 1.84. The molecule has 0 spiro atoms. The Bertz CT molecular complexity index is 427. The second-order valence-corrected chi connectivity index (χ2v) is 3.66. The van der Waals surface area contributed by atoms with Gasteiger partial charge in [0.2, 0.25) is 0 Å². The van der Waals surface area contributed by atoms with E-state index in [9.17, 15) is 9.59 Å². The van der Waals surface area contributed by atoms with Crippen molar-refractivity contribution < 1.29 is 9.59 Å². The van der Waals surface area contributed by atoms with E-state index < -0.39 is 11.8 Å². The highest BCUT2D eigenvalue weighted by Crippen LogP contribution is 2.24. The Kier molecular flexibility index (Phi) is 2.41. The number of rotatable bonds is 1. The molecule has 0 saturated carbocycles. The van der Waals surface area contributed by atoms with Crippen molar-refractivity contribution >= 4 is 17.5 Å². The number of benzene rings is 1. The van der Waals surface area contributed by atoms with Crippen LogP contribution in [-0.2, 0) is 22.4 Å². The number of carbonyl (C=O) groups excluding carboxylic acids is 2. The first-order valence-corrected chi connectivity index (χ1v) is 4.89. The molecule has 78 valence electrons. The molecule has 4 nitrogen and oxygen atoms in total. The molecular formula is C11H12N2O2. The maximum absolute atomic E-state index is 11.0. The van der Waals surface area contributed by atoms with Crippen LogP contribution in [0.25, 0.3) is 0 Å². The molecule has 0 aromatic heterocycles. The number of hydrogen-bond donors (Lipinski definition) is 2. The number of carbonyl (C=O) groups is 2. The molecule has 1 aromatic carbocycles. The zero-order valence-electron chi connectivity index (χ0n) is 8.25. The number of hydrogen-bond acceptors (Lipinski definition) is 2. The summed E-state index contributed by atoms with van der Waals surface area (Å²) in [6, 6.07) is 5.69. The van der Waals surface area contributed by atoms with Gasteiger partial charge in [0.15, 0.2) is 0 Å². The lowest BCUT2D eigenvalue weighted by Gasteiger charge is -2.05. The lowest BCUT2D eigenvalue weighted by Crippen LogP contribution is -2.29. The van der Waals surface area contributed by atoms with E-state index in [2.05, 4.69) is 5.32 Å². The number of anilines is 1. The van der Waals surface area contributed by atoms with Crippen molar-refractivity contribution in [2.24, 2.45) is 5.73 Å². The summed E-state index contributed by atoms with van der Waals surface area (Å²) in [5.74, 6) is -1.73. The van der Waals surface area contributed by atoms with Gasteiger partial charge in [-0.05, 0) is 42.5 Å². The van der Waals surface area contributed by atoms with Gasteiger partial charge in [-0.15, -0.1) is 0 Å². The van der Waals surface area contributed by atoms with Gasteiger partial charge in [-0.3, -0.25) is 9.59 Å². The van der Waals surface area contributed by atoms with Crippen LogP contribution in [0, 0.1) is 0 Å². The summed E-state index contributed by atoms with van der Waals surface area (Å²) >= 11 is 0. The van der Waals surface area contributed by atoms with E-state index in [1.807, 2.05) is 12.1 Å². The molecule has 2 rings (SSSR count). The van der Waals surface area contributed by atoms with E-state index in [1.54, 1.807) is 6.07 Å². The molecule has 0 aliphatic heterocycles. The van der Waals surface area contributed by atoms with Crippen LogP contribution >= 0.6 is 0 Å². The molecule has 0 fully saturated rings. The first kappa shape index (κ1) is 9.71. The van der Waals surface area contributed by atoms with Crippen LogP contribution in [0.4, 0.5) is 5.69 Å². The van der Waals surface area contributed by atoms with Crippen molar-refractivity contribution in [1.29, 1.82) is 0 Å². The van der Waals surface area contributed by atoms with E-state index in [1.165, 1.54) is 11.1 Å². The fraction of sp³-hybridized carbons (Fsp3) is 0.273. The predicted molar refractivity (Wildman–Crippen MR) is 56.3 cm³/mol. The van der Waals surface area contributed by atoms with E-state index in [0.717, 1.165) is 19.3 Å². The van der Waals surface area contributed by atoms with Crippen LogP contribution in [0.5, 0.6) is 0 Å². The molecular weight excluding hydrogens is 192 g/mol. The first-order chi connectivity index (χ1) is 7.16. The highest BCUT2D eigenvalue weighted by atomic mass is 16.2. The number of amides is 2. The quantitative estimate of drug-likeness (QED) is 0.657. The molecule has 1 aliphatic rings. The van der Waals surface area contributed by atoms with Gasteiger partial charge in [-0.1, -0.05) is 6.07 Å². The van der Waals surface area contributed by atoms with Gasteiger partial charge in [0.1, 0.15) is 0 Å². The highest BCUT2D eigenvalue weighted by molar-refractivity contribution is 6.39. The van der Waals surface area contributed by atoms with Crippen molar-refractivity contribution in [1.82, 2.24) is 0 Å². The van der Waals surface area contributed by atoms with Crippen LogP contribution < -0.4 is 11.1 Å². The molecule has 0 heterocycles. The maximum Gasteiger partial charge on any atom is 0.313 e. The number of aryl methyl sites for hydroxylation is 2. The third kappa shape index (κ3) is 1.98. The number of primary amides is 1. The third-order valence-electron chi connectivity index (χ3n) is 2.58. The molecule has 2 amide bonds. The normalized spacial score (nSPS) is 13.3. The smallest absolute Gasteiger partial charge is 0.313 e.